The fourth-order valence-electron chi connectivity index (χ4n) is 2.12. The second kappa shape index (κ2) is 7.59. The first kappa shape index (κ1) is 17.5. The molecule has 0 aliphatic heterocycles. The highest BCUT2D eigenvalue weighted by atomic mass is 16.5. The summed E-state index contributed by atoms with van der Waals surface area (Å²) in [6.45, 7) is 6.01. The molecule has 6 nitrogen and oxygen atoms in total. The zero-order valence-corrected chi connectivity index (χ0v) is 14.2. The molecule has 0 bridgehead atoms. The van der Waals surface area contributed by atoms with Crippen LogP contribution < -0.4 is 9.47 Å². The highest BCUT2D eigenvalue weighted by Crippen LogP contribution is 2.29. The third-order valence-electron chi connectivity index (χ3n) is 3.55. The smallest absolute Gasteiger partial charge is 0.328 e. The Labute approximate surface area is 140 Å². The van der Waals surface area contributed by atoms with Crippen LogP contribution in [-0.2, 0) is 11.4 Å². The highest BCUT2D eigenvalue weighted by Gasteiger charge is 2.09. The molecule has 1 aromatic heterocycles. The van der Waals surface area contributed by atoms with E-state index in [1.807, 2.05) is 20.8 Å². The first-order valence-corrected chi connectivity index (χ1v) is 7.43. The van der Waals surface area contributed by atoms with Crippen LogP contribution in [0.25, 0.3) is 6.08 Å². The molecule has 0 aliphatic rings. The van der Waals surface area contributed by atoms with Crippen LogP contribution in [0.3, 0.4) is 0 Å². The maximum absolute atomic E-state index is 10.6. The predicted molar refractivity (Wildman–Crippen MR) is 90.2 cm³/mol. The summed E-state index contributed by atoms with van der Waals surface area (Å²) in [7, 11) is 1.54. The Kier molecular flexibility index (Phi) is 5.52. The molecule has 0 fully saturated rings. The standard InChI is InChI=1S/C18H20N2O4/c1-11-12(2)20-15(13(3)19-11)10-24-16-7-5-14(6-8-18(21)22)9-17(16)23-4/h5-9H,10H2,1-4H3,(H,21,22). The van der Waals surface area contributed by atoms with E-state index in [4.69, 9.17) is 14.6 Å². The minimum absolute atomic E-state index is 0.278. The molecule has 0 atom stereocenters. The quantitative estimate of drug-likeness (QED) is 0.821. The molecule has 1 heterocycles. The molecule has 0 amide bonds. The van der Waals surface area contributed by atoms with Gasteiger partial charge in [0.2, 0.25) is 0 Å². The van der Waals surface area contributed by atoms with Gasteiger partial charge in [0.25, 0.3) is 0 Å². The van der Waals surface area contributed by atoms with Gasteiger partial charge in [-0.1, -0.05) is 6.07 Å². The first-order valence-electron chi connectivity index (χ1n) is 7.43. The van der Waals surface area contributed by atoms with Crippen LogP contribution in [0.4, 0.5) is 0 Å². The summed E-state index contributed by atoms with van der Waals surface area (Å²) in [6.07, 6.45) is 2.57. The normalized spacial score (nSPS) is 10.8. The molecule has 6 heteroatoms. The number of ether oxygens (including phenoxy) is 2. The van der Waals surface area contributed by atoms with Crippen molar-refractivity contribution in [2.45, 2.75) is 27.4 Å². The van der Waals surface area contributed by atoms with E-state index in [0.29, 0.717) is 17.1 Å². The van der Waals surface area contributed by atoms with Gasteiger partial charge in [0.05, 0.1) is 29.9 Å². The van der Waals surface area contributed by atoms with Gasteiger partial charge in [-0.2, -0.15) is 0 Å². The topological polar surface area (TPSA) is 81.5 Å². The summed E-state index contributed by atoms with van der Waals surface area (Å²) < 4.78 is 11.1. The van der Waals surface area contributed by atoms with Gasteiger partial charge in [0, 0.05) is 6.08 Å². The molecule has 1 aromatic carbocycles. The lowest BCUT2D eigenvalue weighted by molar-refractivity contribution is -0.131. The molecule has 0 saturated carbocycles. The number of carbonyl (C=O) groups is 1. The summed E-state index contributed by atoms with van der Waals surface area (Å²) in [5, 5.41) is 8.68. The van der Waals surface area contributed by atoms with Gasteiger partial charge in [0.15, 0.2) is 11.5 Å². The molecule has 0 saturated heterocycles. The van der Waals surface area contributed by atoms with Crippen molar-refractivity contribution >= 4 is 12.0 Å². The van der Waals surface area contributed by atoms with Crippen LogP contribution in [0, 0.1) is 20.8 Å². The second-order valence-corrected chi connectivity index (χ2v) is 5.30. The number of benzene rings is 1. The molecular formula is C18H20N2O4. The number of nitrogens with zero attached hydrogens (tertiary/aromatic N) is 2. The van der Waals surface area contributed by atoms with Gasteiger partial charge >= 0.3 is 5.97 Å². The maximum atomic E-state index is 10.6. The Balaban J connectivity index is 2.18. The van der Waals surface area contributed by atoms with E-state index in [1.165, 1.54) is 13.2 Å². The zero-order chi connectivity index (χ0) is 17.7. The van der Waals surface area contributed by atoms with Crippen molar-refractivity contribution in [3.63, 3.8) is 0 Å². The molecule has 24 heavy (non-hydrogen) atoms. The van der Waals surface area contributed by atoms with Gasteiger partial charge in [-0.15, -0.1) is 0 Å². The van der Waals surface area contributed by atoms with Crippen LogP contribution in [0.15, 0.2) is 24.3 Å². The van der Waals surface area contributed by atoms with Crippen LogP contribution in [-0.4, -0.2) is 28.2 Å². The van der Waals surface area contributed by atoms with Gasteiger partial charge in [-0.05, 0) is 44.5 Å². The highest BCUT2D eigenvalue weighted by molar-refractivity contribution is 5.85. The first-order chi connectivity index (χ1) is 11.4. The molecule has 0 unspecified atom stereocenters. The second-order valence-electron chi connectivity index (χ2n) is 5.30. The fraction of sp³-hybridized carbons (Fsp3) is 0.278. The van der Waals surface area contributed by atoms with Gasteiger partial charge in [-0.25, -0.2) is 4.79 Å². The van der Waals surface area contributed by atoms with Gasteiger partial charge in [-0.3, -0.25) is 9.97 Å². The van der Waals surface area contributed by atoms with E-state index in [9.17, 15) is 4.79 Å². The van der Waals surface area contributed by atoms with E-state index >= 15 is 0 Å². The zero-order valence-electron chi connectivity index (χ0n) is 14.2. The molecule has 126 valence electrons. The van der Waals surface area contributed by atoms with E-state index in [-0.39, 0.29) is 6.61 Å². The number of carboxylic acids is 1. The molecule has 2 rings (SSSR count). The van der Waals surface area contributed by atoms with Gasteiger partial charge in [0.1, 0.15) is 6.61 Å². The number of rotatable bonds is 6. The average Bonchev–Trinajstić information content (AvgIpc) is 2.55. The number of methoxy groups -OCH3 is 1. The lowest BCUT2D eigenvalue weighted by Gasteiger charge is -2.13. The number of hydrogen-bond donors (Lipinski definition) is 1. The van der Waals surface area contributed by atoms with E-state index in [0.717, 1.165) is 28.9 Å². The van der Waals surface area contributed by atoms with E-state index in [1.54, 1.807) is 18.2 Å². The number of hydrogen-bond acceptors (Lipinski definition) is 5. The number of aromatic nitrogens is 2. The minimum atomic E-state index is -1.00. The van der Waals surface area contributed by atoms with Crippen LogP contribution in [0.5, 0.6) is 11.5 Å². The Morgan fingerprint density at radius 2 is 1.83 bits per heavy atom. The third kappa shape index (κ3) is 4.32. The SMILES string of the molecule is COc1cc(C=CC(=O)O)ccc1OCc1nc(C)c(C)nc1C. The largest absolute Gasteiger partial charge is 0.493 e. The van der Waals surface area contributed by atoms with E-state index in [2.05, 4.69) is 9.97 Å². The Hall–Kier alpha value is -2.89. The van der Waals surface area contributed by atoms with Crippen LogP contribution in [0.1, 0.15) is 28.3 Å². The summed E-state index contributed by atoms with van der Waals surface area (Å²) in [5.74, 6) is 0.0828. The van der Waals surface area contributed by atoms with Crippen LogP contribution in [0.2, 0.25) is 0 Å². The maximum Gasteiger partial charge on any atom is 0.328 e. The van der Waals surface area contributed by atoms with Crippen LogP contribution >= 0.6 is 0 Å². The van der Waals surface area contributed by atoms with Crippen molar-refractivity contribution in [3.05, 3.63) is 52.6 Å². The van der Waals surface area contributed by atoms with Crippen molar-refractivity contribution in [1.82, 2.24) is 9.97 Å². The number of aryl methyl sites for hydroxylation is 3. The average molecular weight is 328 g/mol. The summed E-state index contributed by atoms with van der Waals surface area (Å²) >= 11 is 0. The Morgan fingerprint density at radius 3 is 2.50 bits per heavy atom. The number of aliphatic carboxylic acids is 1. The van der Waals surface area contributed by atoms with Crippen molar-refractivity contribution in [1.29, 1.82) is 0 Å². The molecule has 2 aromatic rings. The summed E-state index contributed by atoms with van der Waals surface area (Å²) in [4.78, 5) is 19.5. The lowest BCUT2D eigenvalue weighted by Crippen LogP contribution is -2.06. The van der Waals surface area contributed by atoms with Crippen molar-refractivity contribution in [3.8, 4) is 11.5 Å². The van der Waals surface area contributed by atoms with Crippen molar-refractivity contribution in [2.24, 2.45) is 0 Å². The number of carboxylic acid groups (broad SMARTS) is 1. The molecular weight excluding hydrogens is 308 g/mol. The Bertz CT molecular complexity index is 785. The fourth-order valence-corrected chi connectivity index (χ4v) is 2.12. The third-order valence-corrected chi connectivity index (χ3v) is 3.55. The molecule has 1 N–H and O–H groups in total. The van der Waals surface area contributed by atoms with Gasteiger partial charge < -0.3 is 14.6 Å². The summed E-state index contributed by atoms with van der Waals surface area (Å²) in [6, 6.07) is 5.22. The molecule has 0 spiro atoms. The minimum Gasteiger partial charge on any atom is -0.493 e. The predicted octanol–water partition coefficient (Wildman–Crippen LogP) is 3.09. The molecule has 0 radical (unpaired) electrons. The monoisotopic (exact) mass is 328 g/mol. The summed E-state index contributed by atoms with van der Waals surface area (Å²) in [5.41, 5.74) is 4.10. The van der Waals surface area contributed by atoms with Crippen molar-refractivity contribution < 1.29 is 19.4 Å². The Morgan fingerprint density at radius 1 is 1.12 bits per heavy atom. The van der Waals surface area contributed by atoms with Crippen molar-refractivity contribution in [2.75, 3.05) is 7.11 Å². The lowest BCUT2D eigenvalue weighted by atomic mass is 10.2. The molecule has 0 aliphatic carbocycles. The van der Waals surface area contributed by atoms with E-state index < -0.39 is 5.97 Å².